The molecule has 6 nitrogen and oxygen atoms in total. The summed E-state index contributed by atoms with van der Waals surface area (Å²) in [7, 11) is 1.77. The number of aromatic nitrogens is 1. The average Bonchev–Trinajstić information content (AvgIpc) is 3.27. The van der Waals surface area contributed by atoms with Crippen LogP contribution in [0, 0.1) is 5.41 Å². The lowest BCUT2D eigenvalue weighted by Crippen LogP contribution is -2.45. The van der Waals surface area contributed by atoms with Crippen molar-refractivity contribution in [2.75, 3.05) is 44.8 Å². The van der Waals surface area contributed by atoms with Gasteiger partial charge in [0.1, 0.15) is 5.82 Å². The Hall–Kier alpha value is -0.800. The fourth-order valence-corrected chi connectivity index (χ4v) is 3.66. The standard InChI is InChI=1S/C19H30ClN5O.HI/c1-3-21-18(23-14-19(7-8-19)9-12-26-2)24-15-6-11-25(13-15)17-16(20)5-4-10-22-17;/h4-5,10,15H,3,6-9,11-14H2,1-2H3,(H2,21,23,24);1H. The number of nitrogens with zero attached hydrogens (tertiary/aromatic N) is 3. The predicted octanol–water partition coefficient (Wildman–Crippen LogP) is 3.30. The molecule has 2 N–H and O–H groups in total. The van der Waals surface area contributed by atoms with E-state index in [1.165, 1.54) is 12.8 Å². The molecular formula is C19H31ClIN5O. The second-order valence-corrected chi connectivity index (χ2v) is 7.73. The van der Waals surface area contributed by atoms with E-state index in [4.69, 9.17) is 21.3 Å². The molecule has 0 amide bonds. The van der Waals surface area contributed by atoms with E-state index in [1.54, 1.807) is 13.3 Å². The van der Waals surface area contributed by atoms with Gasteiger partial charge in [-0.2, -0.15) is 0 Å². The summed E-state index contributed by atoms with van der Waals surface area (Å²) in [5.74, 6) is 1.78. The lowest BCUT2D eigenvalue weighted by molar-refractivity contribution is 0.174. The third-order valence-corrected chi connectivity index (χ3v) is 5.57. The number of pyridine rings is 1. The number of hydrogen-bond donors (Lipinski definition) is 2. The van der Waals surface area contributed by atoms with E-state index >= 15 is 0 Å². The van der Waals surface area contributed by atoms with Crippen LogP contribution in [0.15, 0.2) is 23.3 Å². The van der Waals surface area contributed by atoms with E-state index < -0.39 is 0 Å². The zero-order chi connectivity index (χ0) is 18.4. The number of methoxy groups -OCH3 is 1. The largest absolute Gasteiger partial charge is 0.385 e. The van der Waals surface area contributed by atoms with Crippen LogP contribution in [0.5, 0.6) is 0 Å². The first kappa shape index (κ1) is 22.5. The highest BCUT2D eigenvalue weighted by Gasteiger charge is 2.41. The van der Waals surface area contributed by atoms with Gasteiger partial charge in [0.05, 0.1) is 5.02 Å². The number of guanidine groups is 1. The lowest BCUT2D eigenvalue weighted by Gasteiger charge is -2.21. The van der Waals surface area contributed by atoms with Crippen LogP contribution in [0.4, 0.5) is 5.82 Å². The average molecular weight is 508 g/mol. The fourth-order valence-electron chi connectivity index (χ4n) is 3.42. The van der Waals surface area contributed by atoms with E-state index in [0.717, 1.165) is 57.4 Å². The number of halogens is 2. The van der Waals surface area contributed by atoms with Crippen molar-refractivity contribution in [2.45, 2.75) is 38.6 Å². The van der Waals surface area contributed by atoms with Crippen molar-refractivity contribution in [2.24, 2.45) is 10.4 Å². The van der Waals surface area contributed by atoms with Crippen molar-refractivity contribution in [1.29, 1.82) is 0 Å². The Balaban J connectivity index is 0.00000261. The Morgan fingerprint density at radius 3 is 2.96 bits per heavy atom. The van der Waals surface area contributed by atoms with Crippen LogP contribution >= 0.6 is 35.6 Å². The van der Waals surface area contributed by atoms with Gasteiger partial charge in [-0.3, -0.25) is 4.99 Å². The highest BCUT2D eigenvalue weighted by Crippen LogP contribution is 2.48. The fraction of sp³-hybridized carbons (Fsp3) is 0.684. The molecule has 1 aromatic heterocycles. The minimum Gasteiger partial charge on any atom is -0.385 e. The van der Waals surface area contributed by atoms with Crippen LogP contribution in [-0.2, 0) is 4.74 Å². The first-order valence-electron chi connectivity index (χ1n) is 9.55. The topological polar surface area (TPSA) is 61.8 Å². The molecule has 2 heterocycles. The quantitative estimate of drug-likeness (QED) is 0.321. The predicted molar refractivity (Wildman–Crippen MR) is 123 cm³/mol. The van der Waals surface area contributed by atoms with Crippen molar-refractivity contribution in [3.05, 3.63) is 23.4 Å². The number of rotatable bonds is 8. The molecule has 8 heteroatoms. The summed E-state index contributed by atoms with van der Waals surface area (Å²) in [4.78, 5) is 11.5. The molecule has 1 aliphatic carbocycles. The molecule has 27 heavy (non-hydrogen) atoms. The maximum absolute atomic E-state index is 6.29. The molecule has 1 saturated carbocycles. The molecule has 1 aliphatic heterocycles. The normalized spacial score (nSPS) is 20.9. The van der Waals surface area contributed by atoms with Crippen LogP contribution in [-0.4, -0.2) is 56.9 Å². The van der Waals surface area contributed by atoms with Gasteiger partial charge in [-0.1, -0.05) is 11.6 Å². The minimum absolute atomic E-state index is 0. The monoisotopic (exact) mass is 507 g/mol. The van der Waals surface area contributed by atoms with Crippen molar-refractivity contribution >= 4 is 47.4 Å². The number of ether oxygens (including phenoxy) is 1. The summed E-state index contributed by atoms with van der Waals surface area (Å²) in [6.07, 6.45) is 6.46. The molecular weight excluding hydrogens is 477 g/mol. The highest BCUT2D eigenvalue weighted by molar-refractivity contribution is 14.0. The molecule has 1 atom stereocenters. The van der Waals surface area contributed by atoms with Crippen molar-refractivity contribution < 1.29 is 4.74 Å². The summed E-state index contributed by atoms with van der Waals surface area (Å²) in [5, 5.41) is 7.68. The van der Waals surface area contributed by atoms with Gasteiger partial charge in [-0.25, -0.2) is 4.98 Å². The Kier molecular flexibility index (Phi) is 8.88. The lowest BCUT2D eigenvalue weighted by atomic mass is 10.0. The van der Waals surface area contributed by atoms with Gasteiger partial charge in [0, 0.05) is 52.1 Å². The van der Waals surface area contributed by atoms with E-state index in [2.05, 4.69) is 27.4 Å². The molecule has 152 valence electrons. The number of nitrogens with one attached hydrogen (secondary N) is 2. The molecule has 1 aromatic rings. The molecule has 0 spiro atoms. The van der Waals surface area contributed by atoms with Crippen LogP contribution in [0.3, 0.4) is 0 Å². The van der Waals surface area contributed by atoms with Gasteiger partial charge < -0.3 is 20.3 Å². The van der Waals surface area contributed by atoms with E-state index in [1.807, 2.05) is 12.1 Å². The first-order chi connectivity index (χ1) is 12.7. The number of aliphatic imine (C=N–C) groups is 1. The van der Waals surface area contributed by atoms with Gasteiger partial charge in [0.25, 0.3) is 0 Å². The molecule has 2 aliphatic rings. The molecule has 2 fully saturated rings. The Morgan fingerprint density at radius 1 is 1.48 bits per heavy atom. The van der Waals surface area contributed by atoms with Crippen LogP contribution in [0.1, 0.15) is 32.6 Å². The zero-order valence-electron chi connectivity index (χ0n) is 16.2. The summed E-state index contributed by atoms with van der Waals surface area (Å²) < 4.78 is 5.24. The molecule has 1 unspecified atom stereocenters. The van der Waals surface area contributed by atoms with Gasteiger partial charge in [0.2, 0.25) is 0 Å². The van der Waals surface area contributed by atoms with Crippen molar-refractivity contribution in [1.82, 2.24) is 15.6 Å². The SMILES string of the molecule is CCNC(=NCC1(CCOC)CC1)NC1CCN(c2ncccc2Cl)C1.I. The van der Waals surface area contributed by atoms with Crippen LogP contribution in [0.2, 0.25) is 5.02 Å². The van der Waals surface area contributed by atoms with Crippen LogP contribution < -0.4 is 15.5 Å². The third kappa shape index (κ3) is 6.35. The maximum Gasteiger partial charge on any atom is 0.191 e. The van der Waals surface area contributed by atoms with E-state index in [9.17, 15) is 0 Å². The smallest absolute Gasteiger partial charge is 0.191 e. The highest BCUT2D eigenvalue weighted by atomic mass is 127. The van der Waals surface area contributed by atoms with Gasteiger partial charge in [0.15, 0.2) is 5.96 Å². The Labute approximate surface area is 184 Å². The van der Waals surface area contributed by atoms with E-state index in [0.29, 0.717) is 16.5 Å². The Morgan fingerprint density at radius 2 is 2.30 bits per heavy atom. The number of hydrogen-bond acceptors (Lipinski definition) is 4. The molecule has 0 aromatic carbocycles. The van der Waals surface area contributed by atoms with Gasteiger partial charge in [-0.15, -0.1) is 24.0 Å². The molecule has 3 rings (SSSR count). The first-order valence-corrected chi connectivity index (χ1v) is 9.93. The van der Waals surface area contributed by atoms with Crippen molar-refractivity contribution in [3.63, 3.8) is 0 Å². The molecule has 1 saturated heterocycles. The summed E-state index contributed by atoms with van der Waals surface area (Å²) >= 11 is 6.29. The number of anilines is 1. The zero-order valence-corrected chi connectivity index (χ0v) is 19.3. The van der Waals surface area contributed by atoms with Crippen molar-refractivity contribution in [3.8, 4) is 0 Å². The second-order valence-electron chi connectivity index (χ2n) is 7.32. The minimum atomic E-state index is 0. The Bertz CT molecular complexity index is 626. The summed E-state index contributed by atoms with van der Waals surface area (Å²) in [6.45, 7) is 6.49. The molecule has 0 radical (unpaired) electrons. The summed E-state index contributed by atoms with van der Waals surface area (Å²) in [5.41, 5.74) is 0.363. The maximum atomic E-state index is 6.29. The van der Waals surface area contributed by atoms with Crippen LogP contribution in [0.25, 0.3) is 0 Å². The molecule has 0 bridgehead atoms. The van der Waals surface area contributed by atoms with E-state index in [-0.39, 0.29) is 24.0 Å². The van der Waals surface area contributed by atoms with Gasteiger partial charge in [-0.05, 0) is 50.2 Å². The van der Waals surface area contributed by atoms with Gasteiger partial charge >= 0.3 is 0 Å². The second kappa shape index (κ2) is 10.7. The third-order valence-electron chi connectivity index (χ3n) is 5.28. The summed E-state index contributed by atoms with van der Waals surface area (Å²) in [6, 6.07) is 4.11.